The Kier molecular flexibility index (Phi) is 3.83. The Labute approximate surface area is 118 Å². The first-order chi connectivity index (χ1) is 9.39. The van der Waals surface area contributed by atoms with Gasteiger partial charge in [0.25, 0.3) is 5.91 Å². The molecule has 0 radical (unpaired) electrons. The molecule has 0 spiro atoms. The van der Waals surface area contributed by atoms with E-state index in [0.717, 1.165) is 0 Å². The third kappa shape index (κ3) is 2.42. The summed E-state index contributed by atoms with van der Waals surface area (Å²) in [5.74, 6) is -0.796. The minimum absolute atomic E-state index is 0.0503. The summed E-state index contributed by atoms with van der Waals surface area (Å²) in [5, 5.41) is 13.5. The fourth-order valence-corrected chi connectivity index (χ4v) is 2.84. The molecule has 1 amide bonds. The second-order valence-corrected chi connectivity index (χ2v) is 5.53. The minimum atomic E-state index is -0.746. The number of likely N-dealkylation sites (tertiary alicyclic amines) is 1. The molecule has 0 saturated carbocycles. The largest absolute Gasteiger partial charge is 0.481 e. The quantitative estimate of drug-likeness (QED) is 0.908. The van der Waals surface area contributed by atoms with E-state index in [1.54, 1.807) is 22.8 Å². The zero-order valence-corrected chi connectivity index (χ0v) is 12.2. The number of carboxylic acid groups (broad SMARTS) is 1. The molecule has 1 aromatic rings. The van der Waals surface area contributed by atoms with Crippen LogP contribution in [0.1, 0.15) is 42.2 Å². The summed E-state index contributed by atoms with van der Waals surface area (Å²) in [7, 11) is 1.78. The highest BCUT2D eigenvalue weighted by molar-refractivity contribution is 5.95. The SMILES string of the molecule is CCC1(C(=O)O)CCN(C(=O)c2cn(C)nc2C)CC1. The Bertz CT molecular complexity index is 528. The van der Waals surface area contributed by atoms with Crippen molar-refractivity contribution in [1.29, 1.82) is 0 Å². The van der Waals surface area contributed by atoms with Crippen LogP contribution in [0.15, 0.2) is 6.20 Å². The molecule has 6 nitrogen and oxygen atoms in total. The maximum Gasteiger partial charge on any atom is 0.309 e. The van der Waals surface area contributed by atoms with Gasteiger partial charge in [-0.15, -0.1) is 0 Å². The maximum absolute atomic E-state index is 12.4. The molecular weight excluding hydrogens is 258 g/mol. The fourth-order valence-electron chi connectivity index (χ4n) is 2.84. The summed E-state index contributed by atoms with van der Waals surface area (Å²) in [6, 6.07) is 0. The number of rotatable bonds is 3. The molecule has 1 aliphatic rings. The van der Waals surface area contributed by atoms with E-state index >= 15 is 0 Å². The summed E-state index contributed by atoms with van der Waals surface area (Å²) >= 11 is 0. The Morgan fingerprint density at radius 3 is 2.40 bits per heavy atom. The van der Waals surface area contributed by atoms with Gasteiger partial charge in [0.05, 0.1) is 16.7 Å². The number of amides is 1. The summed E-state index contributed by atoms with van der Waals surface area (Å²) < 4.78 is 1.63. The number of aromatic nitrogens is 2. The van der Waals surface area contributed by atoms with Crippen LogP contribution < -0.4 is 0 Å². The lowest BCUT2D eigenvalue weighted by molar-refractivity contribution is -0.152. The lowest BCUT2D eigenvalue weighted by Gasteiger charge is -2.38. The van der Waals surface area contributed by atoms with Gasteiger partial charge in [-0.05, 0) is 26.2 Å². The molecule has 0 aromatic carbocycles. The summed E-state index contributed by atoms with van der Waals surface area (Å²) in [5.41, 5.74) is 0.649. The zero-order chi connectivity index (χ0) is 14.9. The van der Waals surface area contributed by atoms with E-state index in [4.69, 9.17) is 0 Å². The number of aryl methyl sites for hydroxylation is 2. The van der Waals surface area contributed by atoms with Crippen molar-refractivity contribution < 1.29 is 14.7 Å². The van der Waals surface area contributed by atoms with Gasteiger partial charge in [0, 0.05) is 26.3 Å². The standard InChI is InChI=1S/C14H21N3O3/c1-4-14(13(19)20)5-7-17(8-6-14)12(18)11-9-16(3)15-10(11)2/h9H,4-8H2,1-3H3,(H,19,20). The van der Waals surface area contributed by atoms with E-state index < -0.39 is 11.4 Å². The van der Waals surface area contributed by atoms with E-state index in [1.165, 1.54) is 0 Å². The second kappa shape index (κ2) is 5.26. The predicted molar refractivity (Wildman–Crippen MR) is 73.4 cm³/mol. The van der Waals surface area contributed by atoms with Crippen molar-refractivity contribution in [3.05, 3.63) is 17.5 Å². The third-order valence-corrected chi connectivity index (χ3v) is 4.38. The van der Waals surface area contributed by atoms with Crippen molar-refractivity contribution in [1.82, 2.24) is 14.7 Å². The number of hydrogen-bond donors (Lipinski definition) is 1. The normalized spacial score (nSPS) is 18.1. The fraction of sp³-hybridized carbons (Fsp3) is 0.643. The molecule has 1 N–H and O–H groups in total. The van der Waals surface area contributed by atoms with Crippen LogP contribution >= 0.6 is 0 Å². The molecule has 1 aliphatic heterocycles. The van der Waals surface area contributed by atoms with Crippen molar-refractivity contribution in [3.63, 3.8) is 0 Å². The predicted octanol–water partition coefficient (Wildman–Crippen LogP) is 1.45. The summed E-state index contributed by atoms with van der Waals surface area (Å²) in [6.07, 6.45) is 3.36. The number of hydrogen-bond acceptors (Lipinski definition) is 3. The lowest BCUT2D eigenvalue weighted by atomic mass is 9.76. The van der Waals surface area contributed by atoms with Crippen LogP contribution in [0.5, 0.6) is 0 Å². The van der Waals surface area contributed by atoms with E-state index in [2.05, 4.69) is 5.10 Å². The van der Waals surface area contributed by atoms with Gasteiger partial charge in [-0.25, -0.2) is 0 Å². The van der Waals surface area contributed by atoms with Gasteiger partial charge in [-0.1, -0.05) is 6.92 Å². The van der Waals surface area contributed by atoms with Crippen LogP contribution in [0.25, 0.3) is 0 Å². The van der Waals surface area contributed by atoms with Crippen LogP contribution in [0.2, 0.25) is 0 Å². The van der Waals surface area contributed by atoms with Crippen molar-refractivity contribution in [2.24, 2.45) is 12.5 Å². The summed E-state index contributed by atoms with van der Waals surface area (Å²) in [4.78, 5) is 25.6. The van der Waals surface area contributed by atoms with E-state index in [0.29, 0.717) is 43.6 Å². The molecule has 1 aromatic heterocycles. The topological polar surface area (TPSA) is 75.4 Å². The highest BCUT2D eigenvalue weighted by atomic mass is 16.4. The van der Waals surface area contributed by atoms with Crippen LogP contribution in [-0.2, 0) is 11.8 Å². The molecule has 2 heterocycles. The average Bonchev–Trinajstić information content (AvgIpc) is 2.76. The molecule has 1 fully saturated rings. The van der Waals surface area contributed by atoms with E-state index in [9.17, 15) is 14.7 Å². The van der Waals surface area contributed by atoms with Gasteiger partial charge in [-0.2, -0.15) is 5.10 Å². The smallest absolute Gasteiger partial charge is 0.309 e. The Hall–Kier alpha value is -1.85. The molecular formula is C14H21N3O3. The first kappa shape index (κ1) is 14.6. The molecule has 0 bridgehead atoms. The Balaban J connectivity index is 2.09. The maximum atomic E-state index is 12.4. The van der Waals surface area contributed by atoms with Crippen LogP contribution in [-0.4, -0.2) is 44.8 Å². The average molecular weight is 279 g/mol. The molecule has 2 rings (SSSR count). The number of carboxylic acids is 1. The van der Waals surface area contributed by atoms with Crippen molar-refractivity contribution in [3.8, 4) is 0 Å². The minimum Gasteiger partial charge on any atom is -0.481 e. The Morgan fingerprint density at radius 1 is 1.40 bits per heavy atom. The van der Waals surface area contributed by atoms with E-state index in [-0.39, 0.29) is 5.91 Å². The number of carbonyl (C=O) groups excluding carboxylic acids is 1. The molecule has 0 aliphatic carbocycles. The first-order valence-electron chi connectivity index (χ1n) is 6.92. The van der Waals surface area contributed by atoms with Gasteiger partial charge < -0.3 is 10.0 Å². The lowest BCUT2D eigenvalue weighted by Crippen LogP contribution is -2.46. The van der Waals surface area contributed by atoms with E-state index in [1.807, 2.05) is 13.8 Å². The number of piperidine rings is 1. The highest BCUT2D eigenvalue weighted by Crippen LogP contribution is 2.35. The van der Waals surface area contributed by atoms with Crippen molar-refractivity contribution in [2.75, 3.05) is 13.1 Å². The molecule has 6 heteroatoms. The van der Waals surface area contributed by atoms with Gasteiger partial charge >= 0.3 is 5.97 Å². The third-order valence-electron chi connectivity index (χ3n) is 4.38. The monoisotopic (exact) mass is 279 g/mol. The van der Waals surface area contributed by atoms with Gasteiger partial charge in [0.2, 0.25) is 0 Å². The molecule has 0 unspecified atom stereocenters. The van der Waals surface area contributed by atoms with Crippen LogP contribution in [0.3, 0.4) is 0 Å². The zero-order valence-electron chi connectivity index (χ0n) is 12.2. The Morgan fingerprint density at radius 2 is 2.00 bits per heavy atom. The van der Waals surface area contributed by atoms with Crippen LogP contribution in [0, 0.1) is 12.3 Å². The second-order valence-electron chi connectivity index (χ2n) is 5.53. The number of nitrogens with zero attached hydrogens (tertiary/aromatic N) is 3. The molecule has 0 atom stereocenters. The van der Waals surface area contributed by atoms with Gasteiger partial charge in [0.1, 0.15) is 0 Å². The van der Waals surface area contributed by atoms with Crippen molar-refractivity contribution in [2.45, 2.75) is 33.1 Å². The molecule has 1 saturated heterocycles. The number of aliphatic carboxylic acids is 1. The molecule has 20 heavy (non-hydrogen) atoms. The highest BCUT2D eigenvalue weighted by Gasteiger charge is 2.41. The number of carbonyl (C=O) groups is 2. The van der Waals surface area contributed by atoms with Crippen molar-refractivity contribution >= 4 is 11.9 Å². The summed E-state index contributed by atoms with van der Waals surface area (Å²) in [6.45, 7) is 4.70. The first-order valence-corrected chi connectivity index (χ1v) is 6.92. The molecule has 110 valence electrons. The van der Waals surface area contributed by atoms with Crippen LogP contribution in [0.4, 0.5) is 0 Å². The van der Waals surface area contributed by atoms with Gasteiger partial charge in [-0.3, -0.25) is 14.3 Å². The van der Waals surface area contributed by atoms with Gasteiger partial charge in [0.15, 0.2) is 0 Å².